The van der Waals surface area contributed by atoms with Crippen LogP contribution in [0.3, 0.4) is 0 Å². The van der Waals surface area contributed by atoms with Gasteiger partial charge in [-0.15, -0.1) is 0 Å². The maximum Gasteiger partial charge on any atom is 0.269 e. The summed E-state index contributed by atoms with van der Waals surface area (Å²) < 4.78 is 1.40. The second-order valence-corrected chi connectivity index (χ2v) is 4.75. The average molecular weight is 289 g/mol. The van der Waals surface area contributed by atoms with Gasteiger partial charge >= 0.3 is 0 Å². The third kappa shape index (κ3) is 3.12. The number of hydrogen-bond acceptors (Lipinski definition) is 3. The summed E-state index contributed by atoms with van der Waals surface area (Å²) >= 11 is 5.21. The van der Waals surface area contributed by atoms with E-state index in [-0.39, 0.29) is 5.69 Å². The standard InChI is InChI=1S/C13H15N5OS/c1-8-4-3-5-9(6-8)16-13(20)17-10-7-15-18(2)11(10)12(14)19/h3-7H,1-2H3,(H2,14,19)(H2,16,17,20). The molecule has 0 aliphatic rings. The van der Waals surface area contributed by atoms with Gasteiger partial charge in [-0.1, -0.05) is 12.1 Å². The number of amides is 1. The van der Waals surface area contributed by atoms with Crippen LogP contribution in [0.1, 0.15) is 16.1 Å². The molecule has 20 heavy (non-hydrogen) atoms. The Balaban J connectivity index is 2.11. The van der Waals surface area contributed by atoms with Crippen molar-refractivity contribution in [2.45, 2.75) is 6.92 Å². The predicted molar refractivity (Wildman–Crippen MR) is 82.7 cm³/mol. The number of nitrogens with two attached hydrogens (primary N) is 1. The topological polar surface area (TPSA) is 85.0 Å². The van der Waals surface area contributed by atoms with Crippen LogP contribution in [-0.4, -0.2) is 20.8 Å². The SMILES string of the molecule is Cc1cccc(NC(=S)Nc2cnn(C)c2C(N)=O)c1. The normalized spacial score (nSPS) is 10.1. The van der Waals surface area contributed by atoms with Crippen LogP contribution in [0.4, 0.5) is 11.4 Å². The van der Waals surface area contributed by atoms with Gasteiger partial charge in [-0.25, -0.2) is 0 Å². The van der Waals surface area contributed by atoms with Gasteiger partial charge in [0.15, 0.2) is 5.11 Å². The van der Waals surface area contributed by atoms with Crippen LogP contribution in [0.2, 0.25) is 0 Å². The van der Waals surface area contributed by atoms with Crippen LogP contribution in [0.15, 0.2) is 30.5 Å². The second kappa shape index (κ2) is 5.70. The van der Waals surface area contributed by atoms with Gasteiger partial charge in [0.25, 0.3) is 5.91 Å². The molecule has 104 valence electrons. The Labute approximate surface area is 122 Å². The highest BCUT2D eigenvalue weighted by Gasteiger charge is 2.14. The molecule has 1 aromatic carbocycles. The van der Waals surface area contributed by atoms with Crippen LogP contribution in [0, 0.1) is 6.92 Å². The van der Waals surface area contributed by atoms with E-state index >= 15 is 0 Å². The Bertz CT molecular complexity index is 665. The number of carbonyl (C=O) groups is 1. The molecule has 1 heterocycles. The smallest absolute Gasteiger partial charge is 0.269 e. The number of nitrogens with one attached hydrogen (secondary N) is 2. The molecule has 7 heteroatoms. The van der Waals surface area contributed by atoms with E-state index in [4.69, 9.17) is 18.0 Å². The minimum absolute atomic E-state index is 0.276. The molecule has 0 saturated heterocycles. The molecule has 1 amide bonds. The van der Waals surface area contributed by atoms with Crippen molar-refractivity contribution in [3.63, 3.8) is 0 Å². The van der Waals surface area contributed by atoms with Gasteiger partial charge in [-0.05, 0) is 36.8 Å². The lowest BCUT2D eigenvalue weighted by molar-refractivity contribution is 0.0992. The van der Waals surface area contributed by atoms with Crippen molar-refractivity contribution in [2.24, 2.45) is 12.8 Å². The third-order valence-corrected chi connectivity index (χ3v) is 2.90. The number of hydrogen-bond donors (Lipinski definition) is 3. The third-order valence-electron chi connectivity index (χ3n) is 2.70. The molecule has 0 fully saturated rings. The van der Waals surface area contributed by atoms with Crippen LogP contribution < -0.4 is 16.4 Å². The maximum atomic E-state index is 11.3. The summed E-state index contributed by atoms with van der Waals surface area (Å²) in [5.41, 5.74) is 8.05. The number of thiocarbonyl (C=S) groups is 1. The Morgan fingerprint density at radius 2 is 2.15 bits per heavy atom. The molecule has 1 aromatic heterocycles. The lowest BCUT2D eigenvalue weighted by Crippen LogP contribution is -2.23. The van der Waals surface area contributed by atoms with Gasteiger partial charge in [0, 0.05) is 12.7 Å². The van der Waals surface area contributed by atoms with Gasteiger partial charge in [0.2, 0.25) is 0 Å². The fourth-order valence-corrected chi connectivity index (χ4v) is 2.06. The number of benzene rings is 1. The Hall–Kier alpha value is -2.41. The summed E-state index contributed by atoms with van der Waals surface area (Å²) in [6.07, 6.45) is 1.50. The van der Waals surface area contributed by atoms with E-state index in [1.165, 1.54) is 10.9 Å². The Kier molecular flexibility index (Phi) is 3.99. The van der Waals surface area contributed by atoms with E-state index in [1.807, 2.05) is 31.2 Å². The minimum Gasteiger partial charge on any atom is -0.364 e. The summed E-state index contributed by atoms with van der Waals surface area (Å²) in [5, 5.41) is 10.3. The van der Waals surface area contributed by atoms with Gasteiger partial charge in [0.05, 0.1) is 11.9 Å². The number of anilines is 2. The van der Waals surface area contributed by atoms with Crippen molar-refractivity contribution >= 4 is 34.6 Å². The Morgan fingerprint density at radius 3 is 2.80 bits per heavy atom. The molecule has 2 aromatic rings. The number of nitrogens with zero attached hydrogens (tertiary/aromatic N) is 2. The number of primary amides is 1. The summed E-state index contributed by atoms with van der Waals surface area (Å²) in [6.45, 7) is 1.99. The van der Waals surface area contributed by atoms with Crippen molar-refractivity contribution in [3.8, 4) is 0 Å². The first-order chi connectivity index (χ1) is 9.47. The predicted octanol–water partition coefficient (Wildman–Crippen LogP) is 1.64. The van der Waals surface area contributed by atoms with E-state index < -0.39 is 5.91 Å². The molecule has 0 saturated carbocycles. The van der Waals surface area contributed by atoms with Crippen molar-refractivity contribution in [2.75, 3.05) is 10.6 Å². The number of carbonyl (C=O) groups excluding carboxylic acids is 1. The molecule has 2 rings (SSSR count). The van der Waals surface area contributed by atoms with Crippen LogP contribution in [0.25, 0.3) is 0 Å². The molecule has 6 nitrogen and oxygen atoms in total. The first kappa shape index (κ1) is 14.0. The van der Waals surface area contributed by atoms with E-state index in [0.717, 1.165) is 11.3 Å². The number of rotatable bonds is 3. The van der Waals surface area contributed by atoms with Crippen LogP contribution in [-0.2, 0) is 7.05 Å². The highest BCUT2D eigenvalue weighted by molar-refractivity contribution is 7.80. The zero-order valence-electron chi connectivity index (χ0n) is 11.2. The molecular weight excluding hydrogens is 274 g/mol. The molecule has 0 unspecified atom stereocenters. The summed E-state index contributed by atoms with van der Waals surface area (Å²) in [5.74, 6) is -0.564. The zero-order valence-corrected chi connectivity index (χ0v) is 12.0. The monoisotopic (exact) mass is 289 g/mol. The number of aromatic nitrogens is 2. The molecule has 0 radical (unpaired) electrons. The molecule has 0 atom stereocenters. The van der Waals surface area contributed by atoms with E-state index in [9.17, 15) is 4.79 Å². The zero-order chi connectivity index (χ0) is 14.7. The first-order valence-corrected chi connectivity index (χ1v) is 6.34. The molecule has 0 spiro atoms. The number of aryl methyl sites for hydroxylation is 2. The lowest BCUT2D eigenvalue weighted by Gasteiger charge is -2.10. The van der Waals surface area contributed by atoms with E-state index in [0.29, 0.717) is 10.8 Å². The fourth-order valence-electron chi connectivity index (χ4n) is 1.83. The summed E-state index contributed by atoms with van der Waals surface area (Å²) in [7, 11) is 1.64. The van der Waals surface area contributed by atoms with E-state index in [1.54, 1.807) is 7.05 Å². The molecule has 4 N–H and O–H groups in total. The highest BCUT2D eigenvalue weighted by Crippen LogP contribution is 2.15. The first-order valence-electron chi connectivity index (χ1n) is 5.94. The van der Waals surface area contributed by atoms with Crippen molar-refractivity contribution in [1.29, 1.82) is 0 Å². The van der Waals surface area contributed by atoms with Gasteiger partial charge < -0.3 is 16.4 Å². The van der Waals surface area contributed by atoms with Crippen LogP contribution in [0.5, 0.6) is 0 Å². The van der Waals surface area contributed by atoms with Crippen molar-refractivity contribution in [1.82, 2.24) is 9.78 Å². The van der Waals surface area contributed by atoms with Gasteiger partial charge in [0.1, 0.15) is 5.69 Å². The van der Waals surface area contributed by atoms with Crippen molar-refractivity contribution < 1.29 is 4.79 Å². The van der Waals surface area contributed by atoms with Gasteiger partial charge in [-0.2, -0.15) is 5.10 Å². The lowest BCUT2D eigenvalue weighted by atomic mass is 10.2. The van der Waals surface area contributed by atoms with Crippen molar-refractivity contribution in [3.05, 3.63) is 41.7 Å². The second-order valence-electron chi connectivity index (χ2n) is 4.34. The molecule has 0 aliphatic heterocycles. The highest BCUT2D eigenvalue weighted by atomic mass is 32.1. The fraction of sp³-hybridized carbons (Fsp3) is 0.154. The van der Waals surface area contributed by atoms with Crippen LogP contribution >= 0.6 is 12.2 Å². The average Bonchev–Trinajstić information content (AvgIpc) is 2.70. The molecule has 0 aliphatic carbocycles. The molecule has 0 bridgehead atoms. The van der Waals surface area contributed by atoms with E-state index in [2.05, 4.69) is 15.7 Å². The largest absolute Gasteiger partial charge is 0.364 e. The summed E-state index contributed by atoms with van der Waals surface area (Å²) in [6, 6.07) is 7.79. The molecular formula is C13H15N5OS. The minimum atomic E-state index is -0.564. The Morgan fingerprint density at radius 1 is 1.40 bits per heavy atom. The maximum absolute atomic E-state index is 11.3. The quantitative estimate of drug-likeness (QED) is 0.748. The van der Waals surface area contributed by atoms with Gasteiger partial charge in [-0.3, -0.25) is 9.48 Å². The summed E-state index contributed by atoms with van der Waals surface area (Å²) in [4.78, 5) is 11.3.